The van der Waals surface area contributed by atoms with Crippen LogP contribution in [0.25, 0.3) is 0 Å². The molecule has 138 valence electrons. The minimum atomic E-state index is -0.465. The van der Waals surface area contributed by atoms with Crippen LogP contribution in [0, 0.1) is 6.92 Å². The number of aryl methyl sites for hydroxylation is 1. The van der Waals surface area contributed by atoms with Crippen molar-refractivity contribution in [2.45, 2.75) is 13.8 Å². The Balaban J connectivity index is 1.78. The Morgan fingerprint density at radius 1 is 1.15 bits per heavy atom. The number of nitrogens with zero attached hydrogens (tertiary/aromatic N) is 3. The van der Waals surface area contributed by atoms with Gasteiger partial charge in [0.25, 0.3) is 5.91 Å². The Kier molecular flexibility index (Phi) is 5.41. The number of amides is 1. The van der Waals surface area contributed by atoms with Gasteiger partial charge in [0.05, 0.1) is 17.9 Å². The Morgan fingerprint density at radius 2 is 1.96 bits per heavy atom. The van der Waals surface area contributed by atoms with E-state index in [9.17, 15) is 9.59 Å². The van der Waals surface area contributed by atoms with E-state index in [1.165, 1.54) is 12.4 Å². The molecule has 2 aromatic heterocycles. The standard InChI is InChI=1S/C18H17N5O4/c1-3-26-18(25)12-6-4-5-7-13(12)21-15-9-14(19-10-20-15)17(24)22-16-8-11(2)27-23-16/h4-10H,3H2,1-2H3,(H,19,20,21)(H,22,23,24). The highest BCUT2D eigenvalue weighted by atomic mass is 16.5. The van der Waals surface area contributed by atoms with E-state index in [-0.39, 0.29) is 12.3 Å². The van der Waals surface area contributed by atoms with Gasteiger partial charge in [-0.05, 0) is 26.0 Å². The highest BCUT2D eigenvalue weighted by Gasteiger charge is 2.14. The molecule has 0 saturated heterocycles. The topological polar surface area (TPSA) is 119 Å². The maximum absolute atomic E-state index is 12.3. The Bertz CT molecular complexity index is 970. The summed E-state index contributed by atoms with van der Waals surface area (Å²) < 4.78 is 9.95. The maximum Gasteiger partial charge on any atom is 0.340 e. The molecule has 0 atom stereocenters. The first-order valence-corrected chi connectivity index (χ1v) is 8.16. The van der Waals surface area contributed by atoms with Crippen molar-refractivity contribution in [1.82, 2.24) is 15.1 Å². The van der Waals surface area contributed by atoms with E-state index >= 15 is 0 Å². The number of aromatic nitrogens is 3. The molecule has 0 spiro atoms. The number of carbonyl (C=O) groups excluding carboxylic acids is 2. The normalized spacial score (nSPS) is 10.3. The molecular formula is C18H17N5O4. The van der Waals surface area contributed by atoms with Crippen LogP contribution in [0.3, 0.4) is 0 Å². The summed E-state index contributed by atoms with van der Waals surface area (Å²) in [6, 6.07) is 9.91. The summed E-state index contributed by atoms with van der Waals surface area (Å²) in [4.78, 5) is 32.4. The number of hydrogen-bond donors (Lipinski definition) is 2. The number of carbonyl (C=O) groups is 2. The first-order chi connectivity index (χ1) is 13.1. The van der Waals surface area contributed by atoms with Gasteiger partial charge in [0.1, 0.15) is 23.6 Å². The van der Waals surface area contributed by atoms with Crippen LogP contribution in [0.2, 0.25) is 0 Å². The number of hydrogen-bond acceptors (Lipinski definition) is 8. The van der Waals surface area contributed by atoms with Gasteiger partial charge in [0, 0.05) is 12.1 Å². The van der Waals surface area contributed by atoms with Crippen molar-refractivity contribution in [2.75, 3.05) is 17.2 Å². The van der Waals surface area contributed by atoms with Crippen LogP contribution in [-0.4, -0.2) is 33.6 Å². The van der Waals surface area contributed by atoms with Gasteiger partial charge in [-0.15, -0.1) is 0 Å². The van der Waals surface area contributed by atoms with E-state index in [2.05, 4.69) is 25.8 Å². The Hall–Kier alpha value is -3.75. The number of anilines is 3. The number of benzene rings is 1. The first-order valence-electron chi connectivity index (χ1n) is 8.16. The van der Waals surface area contributed by atoms with Gasteiger partial charge < -0.3 is 19.9 Å². The zero-order chi connectivity index (χ0) is 19.2. The lowest BCUT2D eigenvalue weighted by atomic mass is 10.2. The van der Waals surface area contributed by atoms with Crippen LogP contribution >= 0.6 is 0 Å². The molecule has 2 heterocycles. The minimum Gasteiger partial charge on any atom is -0.462 e. The molecule has 0 bridgehead atoms. The van der Waals surface area contributed by atoms with E-state index in [0.29, 0.717) is 28.6 Å². The third-order valence-corrected chi connectivity index (χ3v) is 3.45. The molecule has 0 aliphatic heterocycles. The molecule has 0 aliphatic rings. The minimum absolute atomic E-state index is 0.127. The van der Waals surface area contributed by atoms with Crippen LogP contribution in [0.5, 0.6) is 0 Å². The lowest BCUT2D eigenvalue weighted by Crippen LogP contribution is -2.14. The molecule has 3 rings (SSSR count). The zero-order valence-electron chi connectivity index (χ0n) is 14.7. The van der Waals surface area contributed by atoms with Gasteiger partial charge >= 0.3 is 5.97 Å². The lowest BCUT2D eigenvalue weighted by Gasteiger charge is -2.11. The van der Waals surface area contributed by atoms with Crippen molar-refractivity contribution in [3.8, 4) is 0 Å². The smallest absolute Gasteiger partial charge is 0.340 e. The van der Waals surface area contributed by atoms with E-state index < -0.39 is 11.9 Å². The second kappa shape index (κ2) is 8.09. The van der Waals surface area contributed by atoms with Crippen LogP contribution < -0.4 is 10.6 Å². The molecule has 0 radical (unpaired) electrons. The SMILES string of the molecule is CCOC(=O)c1ccccc1Nc1cc(C(=O)Nc2cc(C)on2)ncn1. The van der Waals surface area contributed by atoms with Gasteiger partial charge in [-0.1, -0.05) is 17.3 Å². The summed E-state index contributed by atoms with van der Waals surface area (Å²) in [5.41, 5.74) is 0.997. The summed E-state index contributed by atoms with van der Waals surface area (Å²) in [6.07, 6.45) is 1.25. The molecule has 0 aliphatic carbocycles. The molecule has 0 unspecified atom stereocenters. The average molecular weight is 367 g/mol. The summed E-state index contributed by atoms with van der Waals surface area (Å²) in [5.74, 6) is 0.300. The number of esters is 1. The summed E-state index contributed by atoms with van der Waals surface area (Å²) >= 11 is 0. The largest absolute Gasteiger partial charge is 0.462 e. The summed E-state index contributed by atoms with van der Waals surface area (Å²) in [5, 5.41) is 9.29. The van der Waals surface area contributed by atoms with Crippen LogP contribution in [0.15, 0.2) is 47.2 Å². The molecule has 3 aromatic rings. The second-order valence-corrected chi connectivity index (χ2v) is 5.46. The zero-order valence-corrected chi connectivity index (χ0v) is 14.7. The quantitative estimate of drug-likeness (QED) is 0.638. The van der Waals surface area contributed by atoms with Gasteiger partial charge in [0.15, 0.2) is 5.82 Å². The number of para-hydroxylation sites is 1. The van der Waals surface area contributed by atoms with E-state index in [1.54, 1.807) is 44.2 Å². The Morgan fingerprint density at radius 3 is 2.70 bits per heavy atom. The van der Waals surface area contributed by atoms with Crippen LogP contribution in [0.4, 0.5) is 17.3 Å². The molecule has 1 amide bonds. The summed E-state index contributed by atoms with van der Waals surface area (Å²) in [6.45, 7) is 3.72. The number of rotatable bonds is 6. The molecule has 9 nitrogen and oxygen atoms in total. The van der Waals surface area contributed by atoms with Gasteiger partial charge in [-0.2, -0.15) is 0 Å². The summed E-state index contributed by atoms with van der Waals surface area (Å²) in [7, 11) is 0. The van der Waals surface area contributed by atoms with E-state index in [4.69, 9.17) is 9.26 Å². The number of nitrogens with one attached hydrogen (secondary N) is 2. The van der Waals surface area contributed by atoms with E-state index in [1.807, 2.05) is 0 Å². The molecule has 27 heavy (non-hydrogen) atoms. The highest BCUT2D eigenvalue weighted by Crippen LogP contribution is 2.21. The van der Waals surface area contributed by atoms with E-state index in [0.717, 1.165) is 0 Å². The van der Waals surface area contributed by atoms with Gasteiger partial charge in [-0.25, -0.2) is 14.8 Å². The van der Waals surface area contributed by atoms with Crippen molar-refractivity contribution in [2.24, 2.45) is 0 Å². The molecule has 0 fully saturated rings. The van der Waals surface area contributed by atoms with Crippen molar-refractivity contribution in [3.05, 3.63) is 59.7 Å². The average Bonchev–Trinajstić information content (AvgIpc) is 3.07. The van der Waals surface area contributed by atoms with Gasteiger partial charge in [0.2, 0.25) is 0 Å². The molecule has 2 N–H and O–H groups in total. The Labute approximate surface area is 154 Å². The first kappa shape index (κ1) is 18.1. The molecular weight excluding hydrogens is 350 g/mol. The highest BCUT2D eigenvalue weighted by molar-refractivity contribution is 6.03. The van der Waals surface area contributed by atoms with Crippen molar-refractivity contribution in [3.63, 3.8) is 0 Å². The molecule has 1 aromatic carbocycles. The fraction of sp³-hybridized carbons (Fsp3) is 0.167. The van der Waals surface area contributed by atoms with Gasteiger partial charge in [-0.3, -0.25) is 4.79 Å². The maximum atomic E-state index is 12.3. The van der Waals surface area contributed by atoms with Crippen LogP contribution in [0.1, 0.15) is 33.5 Å². The monoisotopic (exact) mass is 367 g/mol. The van der Waals surface area contributed by atoms with Crippen molar-refractivity contribution >= 4 is 29.2 Å². The van der Waals surface area contributed by atoms with Crippen molar-refractivity contribution in [1.29, 1.82) is 0 Å². The predicted molar refractivity (Wildman–Crippen MR) is 96.9 cm³/mol. The molecule has 0 saturated carbocycles. The third-order valence-electron chi connectivity index (χ3n) is 3.45. The number of ether oxygens (including phenoxy) is 1. The fourth-order valence-electron chi connectivity index (χ4n) is 2.27. The van der Waals surface area contributed by atoms with Crippen LogP contribution in [-0.2, 0) is 4.74 Å². The third kappa shape index (κ3) is 4.46. The lowest BCUT2D eigenvalue weighted by molar-refractivity contribution is 0.0527. The molecule has 9 heteroatoms. The predicted octanol–water partition coefficient (Wildman–Crippen LogP) is 2.95. The second-order valence-electron chi connectivity index (χ2n) is 5.46. The fourth-order valence-corrected chi connectivity index (χ4v) is 2.27. The van der Waals surface area contributed by atoms with Crippen molar-refractivity contribution < 1.29 is 18.8 Å².